The summed E-state index contributed by atoms with van der Waals surface area (Å²) in [7, 11) is 0. The number of benzene rings is 1. The summed E-state index contributed by atoms with van der Waals surface area (Å²) in [6.07, 6.45) is 0. The first-order valence-electron chi connectivity index (χ1n) is 7.82. The largest absolute Gasteiger partial charge is 0.482 e. The zero-order valence-electron chi connectivity index (χ0n) is 15.0. The molecule has 1 heterocycles. The van der Waals surface area contributed by atoms with Crippen LogP contribution in [0.1, 0.15) is 46.7 Å². The number of hydrogen-bond acceptors (Lipinski definition) is 5. The number of nitrogens with zero attached hydrogens (tertiary/aromatic N) is 1. The predicted molar refractivity (Wildman–Crippen MR) is 97.8 cm³/mol. The van der Waals surface area contributed by atoms with Crippen molar-refractivity contribution in [3.63, 3.8) is 0 Å². The highest BCUT2D eigenvalue weighted by atomic mass is 32.1. The van der Waals surface area contributed by atoms with Gasteiger partial charge in [0, 0.05) is 11.1 Å². The summed E-state index contributed by atoms with van der Waals surface area (Å²) in [6, 6.07) is 5.02. The normalized spacial score (nSPS) is 11.2. The second-order valence-corrected chi connectivity index (χ2v) is 7.80. The van der Waals surface area contributed by atoms with Crippen LogP contribution in [-0.2, 0) is 10.2 Å². The molecule has 25 heavy (non-hydrogen) atoms. The van der Waals surface area contributed by atoms with Gasteiger partial charge in [-0.3, -0.25) is 4.79 Å². The number of anilines is 1. The monoisotopic (exact) mass is 362 g/mol. The van der Waals surface area contributed by atoms with E-state index in [9.17, 15) is 9.59 Å². The Morgan fingerprint density at radius 2 is 1.96 bits per heavy atom. The van der Waals surface area contributed by atoms with Crippen molar-refractivity contribution in [2.45, 2.75) is 40.0 Å². The number of ether oxygens (including phenoxy) is 1. The minimum absolute atomic E-state index is 0.104. The highest BCUT2D eigenvalue weighted by Crippen LogP contribution is 2.30. The molecule has 6 nitrogen and oxygen atoms in total. The average Bonchev–Trinajstić information content (AvgIpc) is 2.89. The molecule has 0 atom stereocenters. The van der Waals surface area contributed by atoms with E-state index in [1.165, 1.54) is 11.3 Å². The summed E-state index contributed by atoms with van der Waals surface area (Å²) in [5.74, 6) is -0.792. The molecule has 7 heteroatoms. The Balaban J connectivity index is 2.15. The van der Waals surface area contributed by atoms with Crippen molar-refractivity contribution in [1.29, 1.82) is 0 Å². The molecule has 2 aromatic rings. The molecule has 0 spiro atoms. The molecule has 134 valence electrons. The summed E-state index contributed by atoms with van der Waals surface area (Å²) in [5, 5.41) is 12.4. The number of carboxylic acid groups (broad SMARTS) is 1. The number of aryl methyl sites for hydroxylation is 2. The number of hydrogen-bond donors (Lipinski definition) is 2. The van der Waals surface area contributed by atoms with Crippen LogP contribution in [-0.4, -0.2) is 28.6 Å². The molecular formula is C18H22N2O4S. The number of amides is 1. The third-order valence-corrected chi connectivity index (χ3v) is 5.03. The smallest absolute Gasteiger partial charge is 0.341 e. The van der Waals surface area contributed by atoms with Gasteiger partial charge in [-0.2, -0.15) is 0 Å². The number of aliphatic carboxylic acids is 1. The Labute approximate surface area is 150 Å². The molecule has 0 radical (unpaired) electrons. The van der Waals surface area contributed by atoms with Crippen LogP contribution in [0.5, 0.6) is 5.75 Å². The standard InChI is InChI=1S/C18H22N2O4S/c1-10-8-12(24-9-14(21)22)6-7-13(10)20-16(23)15-11(2)19-17(25-15)18(3,4)5/h6-8H,9H2,1-5H3,(H,20,23)(H,21,22). The van der Waals surface area contributed by atoms with Crippen LogP contribution in [0.15, 0.2) is 18.2 Å². The van der Waals surface area contributed by atoms with Crippen molar-refractivity contribution in [1.82, 2.24) is 4.98 Å². The second kappa shape index (κ2) is 7.23. The molecular weight excluding hydrogens is 340 g/mol. The Morgan fingerprint density at radius 3 is 2.48 bits per heavy atom. The molecule has 0 fully saturated rings. The summed E-state index contributed by atoms with van der Waals surface area (Å²) in [6.45, 7) is 9.44. The number of carboxylic acids is 1. The first kappa shape index (κ1) is 18.9. The molecule has 2 N–H and O–H groups in total. The summed E-state index contributed by atoms with van der Waals surface area (Å²) in [5.41, 5.74) is 2.05. The van der Waals surface area contributed by atoms with Crippen LogP contribution in [0, 0.1) is 13.8 Å². The second-order valence-electron chi connectivity index (χ2n) is 6.80. The third-order valence-electron chi connectivity index (χ3n) is 3.45. The van der Waals surface area contributed by atoms with Crippen LogP contribution in [0.25, 0.3) is 0 Å². The van der Waals surface area contributed by atoms with Crippen LogP contribution in [0.3, 0.4) is 0 Å². The van der Waals surface area contributed by atoms with Crippen LogP contribution in [0.4, 0.5) is 5.69 Å². The molecule has 1 aromatic carbocycles. The van der Waals surface area contributed by atoms with E-state index in [1.807, 2.05) is 13.8 Å². The maximum atomic E-state index is 12.6. The summed E-state index contributed by atoms with van der Waals surface area (Å²) in [4.78, 5) is 28.2. The zero-order valence-corrected chi connectivity index (χ0v) is 15.8. The minimum Gasteiger partial charge on any atom is -0.482 e. The van der Waals surface area contributed by atoms with E-state index in [0.717, 1.165) is 10.6 Å². The fraction of sp³-hybridized carbons (Fsp3) is 0.389. The molecule has 0 aliphatic heterocycles. The summed E-state index contributed by atoms with van der Waals surface area (Å²) < 4.78 is 5.13. The SMILES string of the molecule is Cc1cc(OCC(=O)O)ccc1NC(=O)c1sc(C(C)(C)C)nc1C. The topological polar surface area (TPSA) is 88.5 Å². The average molecular weight is 362 g/mol. The molecule has 0 saturated heterocycles. The van der Waals surface area contributed by atoms with Crippen molar-refractivity contribution in [2.75, 3.05) is 11.9 Å². The zero-order chi connectivity index (χ0) is 18.8. The quantitative estimate of drug-likeness (QED) is 0.845. The lowest BCUT2D eigenvalue weighted by Crippen LogP contribution is -2.13. The highest BCUT2D eigenvalue weighted by Gasteiger charge is 2.23. The van der Waals surface area contributed by atoms with Gasteiger partial charge >= 0.3 is 5.97 Å². The van der Waals surface area contributed by atoms with Crippen molar-refractivity contribution in [3.05, 3.63) is 39.3 Å². The predicted octanol–water partition coefficient (Wildman–Crippen LogP) is 3.77. The van der Waals surface area contributed by atoms with Gasteiger partial charge in [-0.15, -0.1) is 11.3 Å². The Bertz CT molecular complexity index is 806. The van der Waals surface area contributed by atoms with Crippen LogP contribution >= 0.6 is 11.3 Å². The lowest BCUT2D eigenvalue weighted by molar-refractivity contribution is -0.139. The first-order valence-corrected chi connectivity index (χ1v) is 8.64. The maximum absolute atomic E-state index is 12.6. The Hall–Kier alpha value is -2.41. The minimum atomic E-state index is -1.04. The number of carbonyl (C=O) groups is 2. The van der Waals surface area contributed by atoms with Gasteiger partial charge in [0.05, 0.1) is 10.7 Å². The molecule has 0 bridgehead atoms. The van der Waals surface area contributed by atoms with E-state index in [4.69, 9.17) is 9.84 Å². The number of carbonyl (C=O) groups excluding carboxylic acids is 1. The van der Waals surface area contributed by atoms with E-state index in [2.05, 4.69) is 31.1 Å². The van der Waals surface area contributed by atoms with E-state index in [0.29, 0.717) is 22.0 Å². The third kappa shape index (κ3) is 4.79. The molecule has 1 amide bonds. The van der Waals surface area contributed by atoms with E-state index >= 15 is 0 Å². The van der Waals surface area contributed by atoms with Gasteiger partial charge in [-0.25, -0.2) is 9.78 Å². The van der Waals surface area contributed by atoms with Crippen molar-refractivity contribution in [2.24, 2.45) is 0 Å². The Morgan fingerprint density at radius 1 is 1.28 bits per heavy atom. The number of nitrogens with one attached hydrogen (secondary N) is 1. The van der Waals surface area contributed by atoms with Gasteiger partial charge in [0.2, 0.25) is 0 Å². The van der Waals surface area contributed by atoms with Crippen molar-refractivity contribution < 1.29 is 19.4 Å². The highest BCUT2D eigenvalue weighted by molar-refractivity contribution is 7.14. The lowest BCUT2D eigenvalue weighted by Gasteiger charge is -2.13. The van der Waals surface area contributed by atoms with E-state index in [-0.39, 0.29) is 11.3 Å². The molecule has 0 aliphatic carbocycles. The first-order chi connectivity index (χ1) is 11.6. The van der Waals surface area contributed by atoms with E-state index < -0.39 is 12.6 Å². The molecule has 0 saturated carbocycles. The maximum Gasteiger partial charge on any atom is 0.341 e. The van der Waals surface area contributed by atoms with Gasteiger partial charge in [-0.1, -0.05) is 20.8 Å². The molecule has 2 rings (SSSR count). The number of rotatable bonds is 5. The fourth-order valence-electron chi connectivity index (χ4n) is 2.12. The van der Waals surface area contributed by atoms with Crippen LogP contribution < -0.4 is 10.1 Å². The van der Waals surface area contributed by atoms with Gasteiger partial charge in [0.1, 0.15) is 10.6 Å². The van der Waals surface area contributed by atoms with Gasteiger partial charge in [0.25, 0.3) is 5.91 Å². The van der Waals surface area contributed by atoms with Crippen molar-refractivity contribution >= 4 is 28.9 Å². The number of thiazole rings is 1. The van der Waals surface area contributed by atoms with Gasteiger partial charge < -0.3 is 15.2 Å². The van der Waals surface area contributed by atoms with Gasteiger partial charge in [0.15, 0.2) is 6.61 Å². The molecule has 0 aliphatic rings. The molecule has 1 aromatic heterocycles. The Kier molecular flexibility index (Phi) is 5.47. The fourth-order valence-corrected chi connectivity index (χ4v) is 3.14. The lowest BCUT2D eigenvalue weighted by atomic mass is 9.98. The van der Waals surface area contributed by atoms with Crippen LogP contribution in [0.2, 0.25) is 0 Å². The molecule has 0 unspecified atom stereocenters. The van der Waals surface area contributed by atoms with Crippen molar-refractivity contribution in [3.8, 4) is 5.75 Å². The van der Waals surface area contributed by atoms with Gasteiger partial charge in [-0.05, 0) is 37.6 Å². The summed E-state index contributed by atoms with van der Waals surface area (Å²) >= 11 is 1.40. The van der Waals surface area contributed by atoms with E-state index in [1.54, 1.807) is 18.2 Å². The number of aromatic nitrogens is 1.